The van der Waals surface area contributed by atoms with E-state index in [1.165, 1.54) is 0 Å². The highest BCUT2D eigenvalue weighted by molar-refractivity contribution is 4.83. The second-order valence-electron chi connectivity index (χ2n) is 1.55. The van der Waals surface area contributed by atoms with Gasteiger partial charge in [0.2, 0.25) is 0 Å². The Kier molecular flexibility index (Phi) is 5.14. The Hall–Kier alpha value is -0.620. The zero-order valence-corrected chi connectivity index (χ0v) is 5.03. The lowest BCUT2D eigenvalue weighted by Gasteiger charge is -1.98. The number of rotatable bonds is 4. The number of alkyl halides is 2. The molecule has 0 bridgehead atoms. The molecule has 0 heterocycles. The first kappa shape index (κ1) is 8.38. The van der Waals surface area contributed by atoms with Gasteiger partial charge in [-0.25, -0.2) is 8.78 Å². The Balaban J connectivity index is 2.85. The molecule has 0 atom stereocenters. The second-order valence-corrected chi connectivity index (χ2v) is 1.55. The summed E-state index contributed by atoms with van der Waals surface area (Å²) in [6.45, 7) is 0.211. The molecule has 0 saturated carbocycles. The Morgan fingerprint density at radius 2 is 2.22 bits per heavy atom. The zero-order valence-electron chi connectivity index (χ0n) is 5.03. The first-order valence-electron chi connectivity index (χ1n) is 2.69. The summed E-state index contributed by atoms with van der Waals surface area (Å²) < 4.78 is 22.7. The van der Waals surface area contributed by atoms with E-state index in [1.54, 1.807) is 0 Å². The predicted octanol–water partition coefficient (Wildman–Crippen LogP) is 0.864. The molecule has 0 rings (SSSR count). The van der Waals surface area contributed by atoms with Gasteiger partial charge < -0.3 is 5.32 Å². The third kappa shape index (κ3) is 7.38. The molecule has 0 fully saturated rings. The SMILES string of the molecule is C#CCCNCC(F)F. The molecule has 0 radical (unpaired) electrons. The molecule has 1 N–H and O–H groups in total. The monoisotopic (exact) mass is 133 g/mol. The van der Waals surface area contributed by atoms with Crippen molar-refractivity contribution in [2.45, 2.75) is 12.8 Å². The first-order valence-corrected chi connectivity index (χ1v) is 2.69. The van der Waals surface area contributed by atoms with Crippen LogP contribution in [0, 0.1) is 12.3 Å². The lowest BCUT2D eigenvalue weighted by atomic mass is 10.4. The molecule has 0 aliphatic heterocycles. The fourth-order valence-corrected chi connectivity index (χ4v) is 0.372. The summed E-state index contributed by atoms with van der Waals surface area (Å²) in [5.41, 5.74) is 0. The predicted molar refractivity (Wildman–Crippen MR) is 32.3 cm³/mol. The number of hydrogen-bond donors (Lipinski definition) is 1. The molecule has 0 amide bonds. The molecule has 3 heteroatoms. The van der Waals surface area contributed by atoms with Crippen LogP contribution in [0.2, 0.25) is 0 Å². The summed E-state index contributed by atoms with van der Waals surface area (Å²) in [7, 11) is 0. The first-order chi connectivity index (χ1) is 4.27. The average Bonchev–Trinajstić information content (AvgIpc) is 1.80. The summed E-state index contributed by atoms with van der Waals surface area (Å²) >= 11 is 0. The molecule has 1 nitrogen and oxygen atoms in total. The van der Waals surface area contributed by atoms with Crippen LogP contribution in [-0.2, 0) is 0 Å². The maximum Gasteiger partial charge on any atom is 0.250 e. The summed E-state index contributed by atoms with van der Waals surface area (Å²) in [5.74, 6) is 2.33. The van der Waals surface area contributed by atoms with E-state index in [9.17, 15) is 8.78 Å². The number of halogens is 2. The van der Waals surface area contributed by atoms with Gasteiger partial charge in [-0.1, -0.05) is 0 Å². The molecule has 0 aromatic carbocycles. The molecule has 0 spiro atoms. The molecule has 9 heavy (non-hydrogen) atoms. The van der Waals surface area contributed by atoms with Crippen LogP contribution >= 0.6 is 0 Å². The van der Waals surface area contributed by atoms with Crippen LogP contribution in [0.25, 0.3) is 0 Å². The fraction of sp³-hybridized carbons (Fsp3) is 0.667. The summed E-state index contributed by atoms with van der Waals surface area (Å²) in [6, 6.07) is 0. The van der Waals surface area contributed by atoms with Gasteiger partial charge >= 0.3 is 0 Å². The van der Waals surface area contributed by atoms with Crippen molar-refractivity contribution in [1.82, 2.24) is 5.32 Å². The molecule has 0 aromatic heterocycles. The third-order valence-electron chi connectivity index (χ3n) is 0.745. The van der Waals surface area contributed by atoms with E-state index in [0.29, 0.717) is 13.0 Å². The zero-order chi connectivity index (χ0) is 7.11. The van der Waals surface area contributed by atoms with E-state index >= 15 is 0 Å². The molecular formula is C6H9F2N. The topological polar surface area (TPSA) is 12.0 Å². The van der Waals surface area contributed by atoms with Crippen molar-refractivity contribution >= 4 is 0 Å². The van der Waals surface area contributed by atoms with Crippen molar-refractivity contribution in [3.63, 3.8) is 0 Å². The normalized spacial score (nSPS) is 9.56. The molecule has 52 valence electrons. The van der Waals surface area contributed by atoms with Gasteiger partial charge in [0.25, 0.3) is 6.43 Å². The fourth-order valence-electron chi connectivity index (χ4n) is 0.372. The van der Waals surface area contributed by atoms with Crippen molar-refractivity contribution in [3.05, 3.63) is 0 Å². The van der Waals surface area contributed by atoms with Gasteiger partial charge in [0, 0.05) is 13.0 Å². The standard InChI is InChI=1S/C6H9F2N/c1-2-3-4-9-5-6(7)8/h1,6,9H,3-5H2. The highest BCUT2D eigenvalue weighted by Crippen LogP contribution is 1.86. The number of nitrogens with one attached hydrogen (secondary N) is 1. The maximum atomic E-state index is 11.3. The highest BCUT2D eigenvalue weighted by atomic mass is 19.3. The van der Waals surface area contributed by atoms with E-state index in [2.05, 4.69) is 11.2 Å². The van der Waals surface area contributed by atoms with Crippen LogP contribution in [0.1, 0.15) is 6.42 Å². The minimum absolute atomic E-state index is 0.262. The van der Waals surface area contributed by atoms with Crippen molar-refractivity contribution < 1.29 is 8.78 Å². The van der Waals surface area contributed by atoms with Gasteiger partial charge in [0.15, 0.2) is 0 Å². The Labute approximate surface area is 53.4 Å². The average molecular weight is 133 g/mol. The van der Waals surface area contributed by atoms with Crippen LogP contribution in [0.5, 0.6) is 0 Å². The van der Waals surface area contributed by atoms with Gasteiger partial charge in [-0.05, 0) is 0 Å². The number of terminal acetylenes is 1. The molecule has 0 unspecified atom stereocenters. The van der Waals surface area contributed by atoms with Gasteiger partial charge in [-0.15, -0.1) is 12.3 Å². The second kappa shape index (κ2) is 5.52. The smallest absolute Gasteiger partial charge is 0.250 e. The van der Waals surface area contributed by atoms with Gasteiger partial charge in [-0.2, -0.15) is 0 Å². The minimum Gasteiger partial charge on any atom is -0.310 e. The van der Waals surface area contributed by atoms with Crippen LogP contribution in [0.4, 0.5) is 8.78 Å². The molecular weight excluding hydrogens is 124 g/mol. The minimum atomic E-state index is -2.28. The van der Waals surface area contributed by atoms with Crippen LogP contribution in [-0.4, -0.2) is 19.5 Å². The quantitative estimate of drug-likeness (QED) is 0.443. The lowest BCUT2D eigenvalue weighted by Crippen LogP contribution is -2.21. The van der Waals surface area contributed by atoms with E-state index in [0.717, 1.165) is 0 Å². The van der Waals surface area contributed by atoms with Crippen LogP contribution < -0.4 is 5.32 Å². The van der Waals surface area contributed by atoms with E-state index in [1.807, 2.05) is 0 Å². The van der Waals surface area contributed by atoms with Crippen molar-refractivity contribution in [2.24, 2.45) is 0 Å². The van der Waals surface area contributed by atoms with E-state index in [-0.39, 0.29) is 6.54 Å². The summed E-state index contributed by atoms with van der Waals surface area (Å²) in [4.78, 5) is 0. The third-order valence-corrected chi connectivity index (χ3v) is 0.745. The largest absolute Gasteiger partial charge is 0.310 e. The van der Waals surface area contributed by atoms with Gasteiger partial charge in [0.1, 0.15) is 0 Å². The van der Waals surface area contributed by atoms with Gasteiger partial charge in [-0.3, -0.25) is 0 Å². The van der Waals surface area contributed by atoms with Crippen molar-refractivity contribution in [1.29, 1.82) is 0 Å². The number of hydrogen-bond acceptors (Lipinski definition) is 1. The molecule has 0 saturated heterocycles. The van der Waals surface area contributed by atoms with Crippen molar-refractivity contribution in [3.8, 4) is 12.3 Å². The molecule has 0 aliphatic rings. The maximum absolute atomic E-state index is 11.3. The highest BCUT2D eigenvalue weighted by Gasteiger charge is 1.98. The molecule has 0 aromatic rings. The summed E-state index contributed by atoms with van der Waals surface area (Å²) in [5, 5.41) is 2.49. The van der Waals surface area contributed by atoms with Crippen LogP contribution in [0.15, 0.2) is 0 Å². The Morgan fingerprint density at radius 1 is 1.56 bits per heavy atom. The van der Waals surface area contributed by atoms with E-state index in [4.69, 9.17) is 6.42 Å². The van der Waals surface area contributed by atoms with Gasteiger partial charge in [0.05, 0.1) is 6.54 Å². The Bertz CT molecular complexity index is 95.7. The van der Waals surface area contributed by atoms with E-state index < -0.39 is 6.43 Å². The Morgan fingerprint density at radius 3 is 2.67 bits per heavy atom. The lowest BCUT2D eigenvalue weighted by molar-refractivity contribution is 0.146. The van der Waals surface area contributed by atoms with Crippen molar-refractivity contribution in [2.75, 3.05) is 13.1 Å². The molecule has 0 aliphatic carbocycles. The summed E-state index contributed by atoms with van der Waals surface area (Å²) in [6.07, 6.45) is 3.10. The van der Waals surface area contributed by atoms with Crippen LogP contribution in [0.3, 0.4) is 0 Å².